The summed E-state index contributed by atoms with van der Waals surface area (Å²) in [6, 6.07) is 0. The van der Waals surface area contributed by atoms with Gasteiger partial charge in [0, 0.05) is 0 Å². The van der Waals surface area contributed by atoms with Gasteiger partial charge in [-0.3, -0.25) is 0 Å². The summed E-state index contributed by atoms with van der Waals surface area (Å²) in [5.74, 6) is 0. The zero-order valence-corrected chi connectivity index (χ0v) is 9.75. The Labute approximate surface area is 97.3 Å². The number of rotatable bonds is 0. The van der Waals surface area contributed by atoms with Gasteiger partial charge in [0.1, 0.15) is 0 Å². The molecule has 0 aliphatic heterocycles. The molecule has 0 spiro atoms. The van der Waals surface area contributed by atoms with E-state index in [1.165, 1.54) is 0 Å². The topological polar surface area (TPSA) is 109 Å². The summed E-state index contributed by atoms with van der Waals surface area (Å²) in [6.07, 6.45) is 0. The molecule has 9 heavy (non-hydrogen) atoms. The van der Waals surface area contributed by atoms with Crippen molar-refractivity contribution in [2.45, 2.75) is 0 Å². The Morgan fingerprint density at radius 3 is 0.889 bits per heavy atom. The molecule has 0 aliphatic carbocycles. The quantitative estimate of drug-likeness (QED) is 0.353. The molecule has 0 heterocycles. The first-order valence-electron chi connectivity index (χ1n) is 0.943. The average Bonchev–Trinajstić information content (AvgIpc) is 1.39. The predicted molar refractivity (Wildman–Crippen MR) is 25.1 cm³/mol. The van der Waals surface area contributed by atoms with E-state index in [9.17, 15) is 0 Å². The third kappa shape index (κ3) is 190. The van der Waals surface area contributed by atoms with Gasteiger partial charge < -0.3 is 5.48 Å². The van der Waals surface area contributed by atoms with Crippen LogP contribution in [0.3, 0.4) is 0 Å². The van der Waals surface area contributed by atoms with Crippen molar-refractivity contribution in [1.29, 1.82) is 0 Å². The fraction of sp³-hybridized carbons (Fsp3) is 0. The van der Waals surface area contributed by atoms with Crippen molar-refractivity contribution < 1.29 is 21.4 Å². The average molecular weight is 183 g/mol. The van der Waals surface area contributed by atoms with Gasteiger partial charge in [0.2, 0.25) is 0 Å². The Morgan fingerprint density at radius 2 is 0.889 bits per heavy atom. The van der Waals surface area contributed by atoms with Crippen molar-refractivity contribution in [2.24, 2.45) is 0 Å². The Kier molecular flexibility index (Phi) is 182. The van der Waals surface area contributed by atoms with E-state index in [-0.39, 0.29) is 51.6 Å². The van der Waals surface area contributed by atoms with Crippen LogP contribution in [-0.4, -0.2) is 77.1 Å². The molecule has 0 saturated heterocycles. The van der Waals surface area contributed by atoms with Crippen LogP contribution < -0.4 is 8.32 Å². The molecule has 0 unspecified atom stereocenters. The maximum absolute atomic E-state index is 8.46. The Bertz CT molecular complexity index is 33.9. The fourth-order valence-corrected chi connectivity index (χ4v) is 0. The molecule has 9 heteroatoms. The van der Waals surface area contributed by atoms with Crippen molar-refractivity contribution in [3.05, 3.63) is 0 Å². The molecule has 0 rings (SSSR count). The first-order chi connectivity index (χ1) is 2.83. The molecule has 0 amide bonds. The van der Waals surface area contributed by atoms with Crippen LogP contribution in [-0.2, 0) is 13.1 Å². The van der Waals surface area contributed by atoms with Gasteiger partial charge in [-0.2, -0.15) is 0 Å². The molecule has 0 aromatic carbocycles. The molecule has 0 atom stereocenters. The molecule has 0 fully saturated rings. The normalized spacial score (nSPS) is 1.78. The maximum atomic E-state index is 8.46. The van der Waals surface area contributed by atoms with E-state index in [4.69, 9.17) is 15.9 Å². The Morgan fingerprint density at radius 1 is 0.889 bits per heavy atom. The molecule has 0 N–H and O–H groups in total. The van der Waals surface area contributed by atoms with Crippen molar-refractivity contribution >= 4 is 77.1 Å². The Balaban J connectivity index is -0.00000000889. The Hall–Kier alpha value is 1.76. The molecule has 0 bridgehead atoms. The molecule has 0 aromatic heterocycles. The van der Waals surface area contributed by atoms with Crippen LogP contribution in [0.1, 0.15) is 0 Å². The summed E-state index contributed by atoms with van der Waals surface area (Å²) < 4.78 is 33.8. The van der Waals surface area contributed by atoms with Crippen molar-refractivity contribution in [2.75, 3.05) is 0 Å². The fourth-order valence-electron chi connectivity index (χ4n) is 0. The molecule has 0 saturated carbocycles. The van der Waals surface area contributed by atoms with E-state index in [0.29, 0.717) is 0 Å². The second-order valence-corrected chi connectivity index (χ2v) is 0.577. The van der Waals surface area contributed by atoms with Gasteiger partial charge in [0.25, 0.3) is 0 Å². The molecular formula is Al2Mg2O5. The van der Waals surface area contributed by atoms with E-state index in [0.717, 1.165) is 0 Å². The van der Waals surface area contributed by atoms with Gasteiger partial charge in [-0.05, 0) is 0 Å². The second kappa shape index (κ2) is 53.0. The van der Waals surface area contributed by atoms with Gasteiger partial charge >= 0.3 is 93.0 Å². The standard InChI is InChI=1S/2Al.2Mg.5O/q;;2*+2;;;-2;2*-1. The van der Waals surface area contributed by atoms with Crippen LogP contribution in [0.4, 0.5) is 0 Å². The van der Waals surface area contributed by atoms with Crippen LogP contribution in [0.15, 0.2) is 0 Å². The van der Waals surface area contributed by atoms with Crippen LogP contribution >= 0.6 is 0 Å². The third-order valence-electron chi connectivity index (χ3n) is 0. The van der Waals surface area contributed by atoms with E-state index in [1.807, 2.05) is 0 Å². The van der Waals surface area contributed by atoms with E-state index < -0.39 is 31.0 Å². The van der Waals surface area contributed by atoms with Gasteiger partial charge in [-0.15, -0.1) is 0 Å². The van der Waals surface area contributed by atoms with Gasteiger partial charge in [-0.25, -0.2) is 0 Å². The minimum absolute atomic E-state index is 0. The SMILES string of the molecule is [Mg+2].[Mg+2].[O-2].[O]=[Al][O-].[O]=[Al][O-]. The van der Waals surface area contributed by atoms with Gasteiger partial charge in [0.05, 0.1) is 0 Å². The number of hydrogen-bond acceptors (Lipinski definition) is 4. The van der Waals surface area contributed by atoms with Gasteiger partial charge in [-0.1, -0.05) is 0 Å². The van der Waals surface area contributed by atoms with E-state index >= 15 is 0 Å². The third-order valence-corrected chi connectivity index (χ3v) is 0. The van der Waals surface area contributed by atoms with Gasteiger partial charge in [0.15, 0.2) is 0 Å². The first-order valence-corrected chi connectivity index (χ1v) is 2.83. The van der Waals surface area contributed by atoms with Crippen LogP contribution in [0.25, 0.3) is 0 Å². The summed E-state index contributed by atoms with van der Waals surface area (Å²) in [5.41, 5.74) is 0. The zero-order valence-electron chi connectivity index (χ0n) is 4.61. The van der Waals surface area contributed by atoms with Crippen molar-refractivity contribution in [3.63, 3.8) is 0 Å². The summed E-state index contributed by atoms with van der Waals surface area (Å²) in [7, 11) is 0. The van der Waals surface area contributed by atoms with Crippen molar-refractivity contribution in [3.8, 4) is 0 Å². The molecule has 5 nitrogen and oxygen atoms in total. The summed E-state index contributed by atoms with van der Waals surface area (Å²) in [6.45, 7) is 0. The molecule has 0 radical (unpaired) electrons. The summed E-state index contributed by atoms with van der Waals surface area (Å²) in [4.78, 5) is 0. The summed E-state index contributed by atoms with van der Waals surface area (Å²) in [5, 5.41) is 0. The van der Waals surface area contributed by atoms with E-state index in [1.54, 1.807) is 0 Å². The van der Waals surface area contributed by atoms with Crippen LogP contribution in [0.2, 0.25) is 0 Å². The molecule has 40 valence electrons. The minimum atomic E-state index is -1.75. The second-order valence-electron chi connectivity index (χ2n) is 0.192. The zero-order chi connectivity index (χ0) is 5.41. The van der Waals surface area contributed by atoms with Crippen LogP contribution in [0, 0.1) is 0 Å². The van der Waals surface area contributed by atoms with Crippen molar-refractivity contribution in [1.82, 2.24) is 0 Å². The summed E-state index contributed by atoms with van der Waals surface area (Å²) >= 11 is -3.50. The monoisotopic (exact) mass is 182 g/mol. The predicted octanol–water partition coefficient (Wildman–Crippen LogP) is -4.26. The molecule has 0 aromatic rings. The molecular weight excluding hydrogens is 183 g/mol. The van der Waals surface area contributed by atoms with E-state index in [2.05, 4.69) is 0 Å². The first kappa shape index (κ1) is 30.9. The van der Waals surface area contributed by atoms with Crippen LogP contribution in [0.5, 0.6) is 0 Å². The molecule has 0 aliphatic rings. The number of hydrogen-bond donors (Lipinski definition) is 0.